The number of anilines is 4. The maximum absolute atomic E-state index is 11.4. The molecule has 5 N–H and O–H groups in total. The minimum Gasteiger partial charge on any atom is -0.491 e. The van der Waals surface area contributed by atoms with E-state index in [0.717, 1.165) is 30.1 Å². The maximum atomic E-state index is 11.4. The summed E-state index contributed by atoms with van der Waals surface area (Å²) in [6, 6.07) is 7.53. The van der Waals surface area contributed by atoms with Crippen LogP contribution in [0.3, 0.4) is 0 Å². The van der Waals surface area contributed by atoms with Crippen LogP contribution in [-0.4, -0.2) is 35.6 Å². The van der Waals surface area contributed by atoms with Crippen molar-refractivity contribution < 1.29 is 9.53 Å². The number of carbonyl (C=O) groups excluding carboxylic acids is 1. The van der Waals surface area contributed by atoms with Crippen LogP contribution in [0.4, 0.5) is 23.1 Å². The van der Waals surface area contributed by atoms with Gasteiger partial charge in [-0.25, -0.2) is 4.98 Å². The lowest BCUT2D eigenvalue weighted by Crippen LogP contribution is -2.17. The van der Waals surface area contributed by atoms with E-state index in [0.29, 0.717) is 6.61 Å². The fraction of sp³-hybridized carbons (Fsp3) is 0.250. The van der Waals surface area contributed by atoms with Crippen molar-refractivity contribution in [3.05, 3.63) is 30.0 Å². The van der Waals surface area contributed by atoms with Gasteiger partial charge in [-0.15, -0.1) is 0 Å². The van der Waals surface area contributed by atoms with Crippen LogP contribution in [0.1, 0.15) is 16.8 Å². The zero-order chi connectivity index (χ0) is 17.6. The maximum Gasteiger partial charge on any atom is 0.254 e. The zero-order valence-corrected chi connectivity index (χ0v) is 13.4. The number of nitrogens with two attached hydrogens (primary N) is 1. The van der Waals surface area contributed by atoms with Crippen molar-refractivity contribution >= 4 is 29.0 Å². The van der Waals surface area contributed by atoms with Crippen molar-refractivity contribution in [3.63, 3.8) is 0 Å². The Morgan fingerprint density at radius 1 is 1.48 bits per heavy atom. The number of hydrogen-bond donors (Lipinski definition) is 4. The van der Waals surface area contributed by atoms with Crippen LogP contribution in [-0.2, 0) is 0 Å². The molecule has 3 rings (SSSR count). The Morgan fingerprint density at radius 2 is 2.36 bits per heavy atom. The van der Waals surface area contributed by atoms with E-state index in [2.05, 4.69) is 25.9 Å². The van der Waals surface area contributed by atoms with Crippen molar-refractivity contribution in [1.29, 1.82) is 5.26 Å². The largest absolute Gasteiger partial charge is 0.491 e. The number of carbonyl (C=O) groups is 1. The molecule has 0 unspecified atom stereocenters. The number of nitrogens with zero attached hydrogens (tertiary/aromatic N) is 3. The molecular formula is C16H17N7O2. The van der Waals surface area contributed by atoms with Gasteiger partial charge in [0.05, 0.1) is 23.9 Å². The Kier molecular flexibility index (Phi) is 4.80. The summed E-state index contributed by atoms with van der Waals surface area (Å²) in [5, 5.41) is 17.8. The third-order valence-corrected chi connectivity index (χ3v) is 3.52. The highest BCUT2D eigenvalue weighted by Gasteiger charge is 2.13. The lowest BCUT2D eigenvalue weighted by atomic mass is 10.2. The SMILES string of the molecule is N#CCNc1nc(Nc2ccc3c(c2)NCCCO3)ncc1C(N)=O. The highest BCUT2D eigenvalue weighted by atomic mass is 16.5. The zero-order valence-electron chi connectivity index (χ0n) is 13.4. The first-order chi connectivity index (χ1) is 12.2. The third-order valence-electron chi connectivity index (χ3n) is 3.52. The highest BCUT2D eigenvalue weighted by Crippen LogP contribution is 2.30. The molecule has 0 fully saturated rings. The van der Waals surface area contributed by atoms with Crippen molar-refractivity contribution in [3.8, 4) is 11.8 Å². The van der Waals surface area contributed by atoms with Crippen molar-refractivity contribution in [2.45, 2.75) is 6.42 Å². The summed E-state index contributed by atoms with van der Waals surface area (Å²) in [5.74, 6) is 0.616. The number of hydrogen-bond acceptors (Lipinski definition) is 8. The lowest BCUT2D eigenvalue weighted by molar-refractivity contribution is 0.100. The van der Waals surface area contributed by atoms with Gasteiger partial charge < -0.3 is 26.4 Å². The third kappa shape index (κ3) is 3.87. The number of rotatable bonds is 5. The average Bonchev–Trinajstić information content (AvgIpc) is 2.84. The van der Waals surface area contributed by atoms with Crippen molar-refractivity contribution in [2.75, 3.05) is 35.6 Å². The van der Waals surface area contributed by atoms with Crippen LogP contribution in [0.2, 0.25) is 0 Å². The van der Waals surface area contributed by atoms with Crippen LogP contribution in [0.5, 0.6) is 5.75 Å². The first kappa shape index (κ1) is 16.3. The van der Waals surface area contributed by atoms with Crippen LogP contribution >= 0.6 is 0 Å². The summed E-state index contributed by atoms with van der Waals surface area (Å²) in [6.07, 6.45) is 2.26. The van der Waals surface area contributed by atoms with Gasteiger partial charge in [0.2, 0.25) is 5.95 Å². The Morgan fingerprint density at radius 3 is 3.16 bits per heavy atom. The number of aromatic nitrogens is 2. The molecule has 0 saturated heterocycles. The summed E-state index contributed by atoms with van der Waals surface area (Å²) in [5.41, 5.74) is 7.07. The van der Waals surface area contributed by atoms with Crippen LogP contribution in [0, 0.1) is 11.3 Å². The molecule has 2 heterocycles. The van der Waals surface area contributed by atoms with Gasteiger partial charge in [-0.2, -0.15) is 10.2 Å². The molecule has 0 radical (unpaired) electrons. The quantitative estimate of drug-likeness (QED) is 0.600. The topological polar surface area (TPSA) is 138 Å². The van der Waals surface area contributed by atoms with Gasteiger partial charge in [-0.3, -0.25) is 4.79 Å². The number of nitriles is 1. The molecule has 128 valence electrons. The molecule has 2 aromatic rings. The summed E-state index contributed by atoms with van der Waals surface area (Å²) in [4.78, 5) is 19.7. The molecule has 0 atom stereocenters. The number of amides is 1. The van der Waals surface area contributed by atoms with E-state index in [1.165, 1.54) is 6.20 Å². The Bertz CT molecular complexity index is 832. The second-order valence-corrected chi connectivity index (χ2v) is 5.30. The Balaban J connectivity index is 1.84. The fourth-order valence-electron chi connectivity index (χ4n) is 2.36. The molecule has 25 heavy (non-hydrogen) atoms. The molecule has 0 saturated carbocycles. The second kappa shape index (κ2) is 7.35. The first-order valence-electron chi connectivity index (χ1n) is 7.73. The summed E-state index contributed by atoms with van der Waals surface area (Å²) >= 11 is 0. The minimum atomic E-state index is -0.668. The van der Waals surface area contributed by atoms with Crippen LogP contribution in [0.15, 0.2) is 24.4 Å². The molecule has 1 aromatic carbocycles. The monoisotopic (exact) mass is 339 g/mol. The second-order valence-electron chi connectivity index (χ2n) is 5.30. The summed E-state index contributed by atoms with van der Waals surface area (Å²) in [6.45, 7) is 1.51. The van der Waals surface area contributed by atoms with E-state index >= 15 is 0 Å². The Labute approximate surface area is 144 Å². The number of nitrogens with one attached hydrogen (secondary N) is 3. The number of benzene rings is 1. The fourth-order valence-corrected chi connectivity index (χ4v) is 2.36. The van der Waals surface area contributed by atoms with Crippen LogP contribution in [0.25, 0.3) is 0 Å². The van der Waals surface area contributed by atoms with Gasteiger partial charge in [0.1, 0.15) is 18.1 Å². The highest BCUT2D eigenvalue weighted by molar-refractivity contribution is 5.97. The van der Waals surface area contributed by atoms with E-state index in [9.17, 15) is 4.79 Å². The molecular weight excluding hydrogens is 322 g/mol. The van der Waals surface area contributed by atoms with Crippen LogP contribution < -0.4 is 26.4 Å². The first-order valence-corrected chi connectivity index (χ1v) is 7.73. The van der Waals surface area contributed by atoms with E-state index in [-0.39, 0.29) is 23.9 Å². The molecule has 0 bridgehead atoms. The van der Waals surface area contributed by atoms with Crippen molar-refractivity contribution in [2.24, 2.45) is 5.73 Å². The van der Waals surface area contributed by atoms with E-state index < -0.39 is 5.91 Å². The summed E-state index contributed by atoms with van der Waals surface area (Å²) < 4.78 is 5.65. The standard InChI is InChI=1S/C16H17N7O2/c17-4-6-20-15-11(14(18)24)9-21-16(23-15)22-10-2-3-13-12(8-10)19-5-1-7-25-13/h2-3,8-9,19H,1,5-7H2,(H2,18,24)(H2,20,21,22,23). The minimum absolute atomic E-state index is 0.00314. The van der Waals surface area contributed by atoms with E-state index in [1.807, 2.05) is 24.3 Å². The van der Waals surface area contributed by atoms with Gasteiger partial charge in [0.25, 0.3) is 5.91 Å². The van der Waals surface area contributed by atoms with Gasteiger partial charge in [-0.1, -0.05) is 0 Å². The van der Waals surface area contributed by atoms with E-state index in [4.69, 9.17) is 15.7 Å². The molecule has 9 nitrogen and oxygen atoms in total. The predicted molar refractivity (Wildman–Crippen MR) is 93.0 cm³/mol. The number of fused-ring (bicyclic) bond motifs is 1. The molecule has 1 aliphatic heterocycles. The predicted octanol–water partition coefficient (Wildman–Crippen LogP) is 1.45. The number of ether oxygens (including phenoxy) is 1. The average molecular weight is 339 g/mol. The van der Waals surface area contributed by atoms with E-state index in [1.54, 1.807) is 0 Å². The number of primary amides is 1. The van der Waals surface area contributed by atoms with Crippen molar-refractivity contribution in [1.82, 2.24) is 9.97 Å². The van der Waals surface area contributed by atoms with Gasteiger partial charge in [0, 0.05) is 18.4 Å². The molecule has 1 aliphatic rings. The van der Waals surface area contributed by atoms with Gasteiger partial charge in [0.15, 0.2) is 0 Å². The lowest BCUT2D eigenvalue weighted by Gasteiger charge is -2.12. The van der Waals surface area contributed by atoms with Gasteiger partial charge in [-0.05, 0) is 24.6 Å². The normalized spacial score (nSPS) is 12.6. The molecule has 1 amide bonds. The van der Waals surface area contributed by atoms with Gasteiger partial charge >= 0.3 is 0 Å². The smallest absolute Gasteiger partial charge is 0.254 e. The Hall–Kier alpha value is -3.54. The molecule has 0 aliphatic carbocycles. The molecule has 1 aromatic heterocycles. The molecule has 0 spiro atoms. The molecule has 9 heteroatoms. The summed E-state index contributed by atoms with van der Waals surface area (Å²) in [7, 11) is 0.